The lowest BCUT2D eigenvalue weighted by Crippen LogP contribution is -2.59. The summed E-state index contributed by atoms with van der Waals surface area (Å²) in [5.74, 6) is -0.867. The third kappa shape index (κ3) is 24.7. The summed E-state index contributed by atoms with van der Waals surface area (Å²) in [5, 5.41) is 62.2. The summed E-state index contributed by atoms with van der Waals surface area (Å²) in [6, 6.07) is 0. The first-order valence-corrected chi connectivity index (χ1v) is 22.6. The molecule has 1 aliphatic rings. The number of ketones is 1. The number of Topliss-reactive ketones (excluding diaryl/α,β-unsaturated/α-hetero) is 1. The zero-order valence-electron chi connectivity index (χ0n) is 35.0. The van der Waals surface area contributed by atoms with E-state index in [9.17, 15) is 35.4 Å². The predicted octanol–water partition coefficient (Wildman–Crippen LogP) is 8.86. The lowest BCUT2D eigenvalue weighted by molar-refractivity contribution is -0.303. The number of aliphatic hydroxyl groups is 6. The van der Waals surface area contributed by atoms with Crippen molar-refractivity contribution in [2.24, 2.45) is 11.8 Å². The lowest BCUT2D eigenvalue weighted by Gasteiger charge is -2.40. The van der Waals surface area contributed by atoms with Crippen LogP contribution in [0.3, 0.4) is 0 Å². The third-order valence-electron chi connectivity index (χ3n) is 11.2. The molecular weight excluding hydrogens is 684 g/mol. The van der Waals surface area contributed by atoms with Crippen LogP contribution in [0.25, 0.3) is 0 Å². The molecule has 1 aliphatic heterocycles. The smallest absolute Gasteiger partial charge is 0.186 e. The van der Waals surface area contributed by atoms with Crippen LogP contribution in [0.1, 0.15) is 201 Å². The first-order chi connectivity index (χ1) is 26.1. The largest absolute Gasteiger partial charge is 0.394 e. The Balaban J connectivity index is 2.45. The molecule has 8 atom stereocenters. The monoisotopic (exact) mass is 771 g/mol. The van der Waals surface area contributed by atoms with Gasteiger partial charge in [0.25, 0.3) is 0 Å². The molecule has 0 radical (unpaired) electrons. The zero-order valence-corrected chi connectivity index (χ0v) is 35.0. The summed E-state index contributed by atoms with van der Waals surface area (Å²) in [6.45, 7) is 5.85. The molecular formula is C45H86O9. The number of allylic oxidation sites excluding steroid dienone is 1. The van der Waals surface area contributed by atoms with E-state index >= 15 is 0 Å². The van der Waals surface area contributed by atoms with Crippen molar-refractivity contribution >= 4 is 5.78 Å². The van der Waals surface area contributed by atoms with Crippen molar-refractivity contribution in [3.05, 3.63) is 12.2 Å². The van der Waals surface area contributed by atoms with Crippen molar-refractivity contribution in [1.29, 1.82) is 0 Å². The van der Waals surface area contributed by atoms with Gasteiger partial charge in [0.1, 0.15) is 30.5 Å². The van der Waals surface area contributed by atoms with Crippen LogP contribution in [-0.2, 0) is 14.3 Å². The van der Waals surface area contributed by atoms with E-state index in [0.29, 0.717) is 12.8 Å². The third-order valence-corrected chi connectivity index (χ3v) is 11.2. The Kier molecular flexibility index (Phi) is 32.3. The molecule has 0 saturated carbocycles. The van der Waals surface area contributed by atoms with Crippen molar-refractivity contribution < 1.29 is 44.9 Å². The van der Waals surface area contributed by atoms with E-state index < -0.39 is 61.2 Å². The van der Waals surface area contributed by atoms with Crippen LogP contribution in [0, 0.1) is 11.8 Å². The molecule has 9 heteroatoms. The highest BCUT2D eigenvalue weighted by Gasteiger charge is 2.44. The fourth-order valence-electron chi connectivity index (χ4n) is 7.45. The van der Waals surface area contributed by atoms with E-state index in [1.807, 2.05) is 6.08 Å². The van der Waals surface area contributed by atoms with Gasteiger partial charge in [0.15, 0.2) is 12.1 Å². The van der Waals surface area contributed by atoms with Gasteiger partial charge >= 0.3 is 0 Å². The topological polar surface area (TPSA) is 157 Å². The summed E-state index contributed by atoms with van der Waals surface area (Å²) in [6.07, 6.45) is 26.9. The molecule has 54 heavy (non-hydrogen) atoms. The van der Waals surface area contributed by atoms with E-state index in [2.05, 4.69) is 20.8 Å². The highest BCUT2D eigenvalue weighted by molar-refractivity contribution is 5.86. The van der Waals surface area contributed by atoms with Crippen molar-refractivity contribution in [2.45, 2.75) is 243 Å². The number of carbonyl (C=O) groups is 1. The van der Waals surface area contributed by atoms with Crippen molar-refractivity contribution in [1.82, 2.24) is 0 Å². The van der Waals surface area contributed by atoms with E-state index in [1.54, 1.807) is 6.08 Å². The van der Waals surface area contributed by atoms with Crippen LogP contribution in [-0.4, -0.2) is 92.5 Å². The maximum absolute atomic E-state index is 13.5. The number of unbranched alkanes of at least 4 members (excludes halogenated alkanes) is 24. The minimum atomic E-state index is -1.62. The van der Waals surface area contributed by atoms with E-state index in [4.69, 9.17) is 9.47 Å². The van der Waals surface area contributed by atoms with Crippen molar-refractivity contribution in [3.63, 3.8) is 0 Å². The van der Waals surface area contributed by atoms with Gasteiger partial charge in [-0.05, 0) is 25.2 Å². The summed E-state index contributed by atoms with van der Waals surface area (Å²) in [5.41, 5.74) is 0. The van der Waals surface area contributed by atoms with Gasteiger partial charge in [-0.25, -0.2) is 0 Å². The maximum Gasteiger partial charge on any atom is 0.186 e. The molecule has 6 N–H and O–H groups in total. The molecule has 0 amide bonds. The molecule has 1 fully saturated rings. The van der Waals surface area contributed by atoms with Crippen LogP contribution in [0.15, 0.2) is 12.2 Å². The van der Waals surface area contributed by atoms with Crippen LogP contribution in [0.4, 0.5) is 0 Å². The Morgan fingerprint density at radius 3 is 1.54 bits per heavy atom. The molecule has 0 aromatic heterocycles. The minimum absolute atomic E-state index is 0.294. The fourth-order valence-corrected chi connectivity index (χ4v) is 7.45. The van der Waals surface area contributed by atoms with Gasteiger partial charge in [-0.3, -0.25) is 4.79 Å². The molecule has 0 bridgehead atoms. The number of hydrogen-bond donors (Lipinski definition) is 6. The van der Waals surface area contributed by atoms with Crippen LogP contribution < -0.4 is 0 Å². The standard InChI is InChI=1S/C45H86O9/c1-4-5-6-7-8-9-10-11-12-13-14-17-21-24-27-30-33-39(48)41(49)37(35-53-45-44(52)43(51)42(50)40(34-46)54-45)38(47)32-29-26-23-20-18-15-16-19-22-25-28-31-36(2)3/h29,32,36-40,42-48,50-52H,4-28,30-31,33-35H2,1-3H3/b32-29+/t37-,38+,39+,40+,42-,43-,44+,45+/m0/s1. The molecule has 1 saturated heterocycles. The average molecular weight is 771 g/mol. The second-order valence-corrected chi connectivity index (χ2v) is 16.7. The van der Waals surface area contributed by atoms with Gasteiger partial charge in [-0.1, -0.05) is 193 Å². The first-order valence-electron chi connectivity index (χ1n) is 22.6. The van der Waals surface area contributed by atoms with E-state index in [1.165, 1.54) is 128 Å². The summed E-state index contributed by atoms with van der Waals surface area (Å²) in [4.78, 5) is 13.5. The quantitative estimate of drug-likeness (QED) is 0.0268. The van der Waals surface area contributed by atoms with Crippen molar-refractivity contribution in [2.75, 3.05) is 13.2 Å². The summed E-state index contributed by atoms with van der Waals surface area (Å²) < 4.78 is 11.1. The molecule has 9 nitrogen and oxygen atoms in total. The molecule has 0 aromatic rings. The summed E-state index contributed by atoms with van der Waals surface area (Å²) in [7, 11) is 0. The van der Waals surface area contributed by atoms with E-state index in [-0.39, 0.29) is 6.61 Å². The molecule has 0 unspecified atom stereocenters. The Hall–Kier alpha value is -0.910. The number of aliphatic hydroxyl groups excluding tert-OH is 6. The second kappa shape index (κ2) is 34.2. The van der Waals surface area contributed by atoms with Gasteiger partial charge in [-0.15, -0.1) is 0 Å². The SMILES string of the molecule is CCCCCCCCCCCCCCCCCC[C@@H](O)C(=O)[C@@H](CO[C@@H]1O[C@H](CO)[C@H](O)[C@H](O)[C@H]1O)[C@H](O)/C=C/CCCCCCCCCCCC(C)C. The Morgan fingerprint density at radius 1 is 0.630 bits per heavy atom. The van der Waals surface area contributed by atoms with Gasteiger partial charge in [0, 0.05) is 0 Å². The average Bonchev–Trinajstić information content (AvgIpc) is 3.16. The van der Waals surface area contributed by atoms with Crippen LogP contribution in [0.2, 0.25) is 0 Å². The maximum atomic E-state index is 13.5. The second-order valence-electron chi connectivity index (χ2n) is 16.7. The molecule has 1 rings (SSSR count). The minimum Gasteiger partial charge on any atom is -0.394 e. The Morgan fingerprint density at radius 2 is 1.07 bits per heavy atom. The Bertz CT molecular complexity index is 881. The molecule has 0 aromatic carbocycles. The molecule has 0 spiro atoms. The van der Waals surface area contributed by atoms with Gasteiger partial charge < -0.3 is 40.1 Å². The molecule has 320 valence electrons. The Labute approximate surface area is 330 Å². The first kappa shape index (κ1) is 51.1. The van der Waals surface area contributed by atoms with Crippen molar-refractivity contribution in [3.8, 4) is 0 Å². The summed E-state index contributed by atoms with van der Waals surface area (Å²) >= 11 is 0. The number of ether oxygens (including phenoxy) is 2. The van der Waals surface area contributed by atoms with Gasteiger partial charge in [0.2, 0.25) is 0 Å². The van der Waals surface area contributed by atoms with Crippen LogP contribution >= 0.6 is 0 Å². The molecule has 0 aliphatic carbocycles. The predicted molar refractivity (Wildman–Crippen MR) is 219 cm³/mol. The number of rotatable bonds is 37. The highest BCUT2D eigenvalue weighted by Crippen LogP contribution is 2.24. The van der Waals surface area contributed by atoms with Crippen LogP contribution in [0.5, 0.6) is 0 Å². The normalized spacial score (nSPS) is 22.3. The lowest BCUT2D eigenvalue weighted by atomic mass is 9.91. The highest BCUT2D eigenvalue weighted by atomic mass is 16.7. The molecule has 1 heterocycles. The van der Waals surface area contributed by atoms with Gasteiger partial charge in [0.05, 0.1) is 25.2 Å². The van der Waals surface area contributed by atoms with E-state index in [0.717, 1.165) is 44.4 Å². The zero-order chi connectivity index (χ0) is 39.8. The fraction of sp³-hybridized carbons (Fsp3) is 0.933. The number of hydrogen-bond acceptors (Lipinski definition) is 9. The van der Waals surface area contributed by atoms with Gasteiger partial charge in [-0.2, -0.15) is 0 Å². The number of carbonyl (C=O) groups excluding carboxylic acids is 1.